The Morgan fingerprint density at radius 1 is 1.00 bits per heavy atom. The van der Waals surface area contributed by atoms with Crippen molar-refractivity contribution >= 4 is 46.1 Å². The normalized spacial score (nSPS) is 10.3. The summed E-state index contributed by atoms with van der Waals surface area (Å²) in [5.41, 5.74) is 8.61. The largest absolute Gasteiger partial charge is 0.393 e. The predicted molar refractivity (Wildman–Crippen MR) is 101 cm³/mol. The summed E-state index contributed by atoms with van der Waals surface area (Å²) in [6.45, 7) is 1.52. The molecule has 0 atom stereocenters. The molecule has 3 rings (SSSR count). The first kappa shape index (κ1) is 16.7. The number of rotatable bonds is 5. The number of hydrogen-bond donors (Lipinski definition) is 3. The number of anilines is 5. The zero-order valence-electron chi connectivity index (χ0n) is 13.5. The number of nitrogens with zero attached hydrogens (tertiary/aromatic N) is 2. The molecule has 3 aromatic rings. The molecule has 126 valence electrons. The number of ketones is 1. The van der Waals surface area contributed by atoms with Crippen LogP contribution in [0.5, 0.6) is 0 Å². The van der Waals surface area contributed by atoms with E-state index in [1.54, 1.807) is 30.3 Å². The van der Waals surface area contributed by atoms with Gasteiger partial charge in [-0.3, -0.25) is 4.79 Å². The average molecular weight is 354 g/mol. The zero-order valence-corrected chi connectivity index (χ0v) is 14.2. The number of Topliss-reactive ketones (excluding diaryl/α,β-unsaturated/α-hetero) is 1. The second-order valence-corrected chi connectivity index (χ2v) is 5.82. The number of carbonyl (C=O) groups excluding carboxylic acids is 1. The number of benzene rings is 2. The van der Waals surface area contributed by atoms with Crippen molar-refractivity contribution in [1.29, 1.82) is 0 Å². The summed E-state index contributed by atoms with van der Waals surface area (Å²) in [6, 6.07) is 14.4. The number of nitrogens with two attached hydrogens (primary N) is 1. The van der Waals surface area contributed by atoms with E-state index in [1.165, 1.54) is 13.3 Å². The predicted octanol–water partition coefficient (Wildman–Crippen LogP) is 4.40. The van der Waals surface area contributed by atoms with Gasteiger partial charge >= 0.3 is 0 Å². The lowest BCUT2D eigenvalue weighted by atomic mass is 10.1. The quantitative estimate of drug-likeness (QED) is 0.588. The van der Waals surface area contributed by atoms with Gasteiger partial charge in [0.25, 0.3) is 0 Å². The second-order valence-electron chi connectivity index (χ2n) is 5.38. The smallest absolute Gasteiger partial charge is 0.159 e. The van der Waals surface area contributed by atoms with Gasteiger partial charge in [0.2, 0.25) is 0 Å². The van der Waals surface area contributed by atoms with Gasteiger partial charge in [-0.1, -0.05) is 29.8 Å². The maximum absolute atomic E-state index is 11.5. The van der Waals surface area contributed by atoms with Crippen LogP contribution < -0.4 is 16.4 Å². The van der Waals surface area contributed by atoms with Gasteiger partial charge in [-0.15, -0.1) is 0 Å². The number of nitrogen functional groups attached to an aromatic ring is 1. The molecule has 0 aliphatic carbocycles. The first-order chi connectivity index (χ1) is 12.0. The summed E-state index contributed by atoms with van der Waals surface area (Å²) in [6.07, 6.45) is 1.40. The molecule has 1 aromatic heterocycles. The van der Waals surface area contributed by atoms with E-state index in [1.807, 2.05) is 18.2 Å². The lowest BCUT2D eigenvalue weighted by Gasteiger charge is -2.13. The third-order valence-electron chi connectivity index (χ3n) is 3.50. The summed E-state index contributed by atoms with van der Waals surface area (Å²) in [5.74, 6) is 0.894. The minimum Gasteiger partial charge on any atom is -0.393 e. The fraction of sp³-hybridized carbons (Fsp3) is 0.0556. The molecule has 0 saturated carbocycles. The van der Waals surface area contributed by atoms with Crippen LogP contribution in [0.2, 0.25) is 5.02 Å². The van der Waals surface area contributed by atoms with E-state index in [2.05, 4.69) is 20.6 Å². The first-order valence-corrected chi connectivity index (χ1v) is 7.92. The SMILES string of the molecule is CC(=O)c1cccc(Nc2ncnc(Nc3cccc(Cl)c3)c2N)c1. The Balaban J connectivity index is 1.86. The number of nitrogens with one attached hydrogen (secondary N) is 2. The van der Waals surface area contributed by atoms with Gasteiger partial charge in [0, 0.05) is 22.0 Å². The molecule has 1 heterocycles. The molecule has 7 heteroatoms. The van der Waals surface area contributed by atoms with Gasteiger partial charge in [0.05, 0.1) is 0 Å². The molecule has 0 saturated heterocycles. The van der Waals surface area contributed by atoms with Crippen LogP contribution in [-0.4, -0.2) is 15.8 Å². The van der Waals surface area contributed by atoms with Gasteiger partial charge in [0.15, 0.2) is 17.4 Å². The third-order valence-corrected chi connectivity index (χ3v) is 3.74. The summed E-state index contributed by atoms with van der Waals surface area (Å²) in [5, 5.41) is 6.83. The monoisotopic (exact) mass is 353 g/mol. The van der Waals surface area contributed by atoms with Crippen molar-refractivity contribution in [1.82, 2.24) is 9.97 Å². The molecule has 0 aliphatic rings. The standard InChI is InChI=1S/C18H16ClN5O/c1-11(25)12-4-2-6-14(8-12)23-17-16(20)18(22-10-21-17)24-15-7-3-5-13(19)9-15/h2-10H,20H2,1H3,(H2,21,22,23,24). The van der Waals surface area contributed by atoms with Gasteiger partial charge in [0.1, 0.15) is 12.0 Å². The van der Waals surface area contributed by atoms with Crippen molar-refractivity contribution in [2.24, 2.45) is 0 Å². The van der Waals surface area contributed by atoms with Crippen molar-refractivity contribution in [2.75, 3.05) is 16.4 Å². The maximum Gasteiger partial charge on any atom is 0.159 e. The molecule has 0 fully saturated rings. The zero-order chi connectivity index (χ0) is 17.8. The van der Waals surface area contributed by atoms with Gasteiger partial charge in [-0.25, -0.2) is 9.97 Å². The van der Waals surface area contributed by atoms with Crippen LogP contribution >= 0.6 is 11.6 Å². The van der Waals surface area contributed by atoms with Gasteiger partial charge in [-0.05, 0) is 37.3 Å². The number of halogens is 1. The van der Waals surface area contributed by atoms with E-state index < -0.39 is 0 Å². The molecule has 0 unspecified atom stereocenters. The van der Waals surface area contributed by atoms with Crippen molar-refractivity contribution < 1.29 is 4.79 Å². The van der Waals surface area contributed by atoms with Crippen LogP contribution in [0.3, 0.4) is 0 Å². The molecule has 2 aromatic carbocycles. The molecule has 0 radical (unpaired) electrons. The number of hydrogen-bond acceptors (Lipinski definition) is 6. The summed E-state index contributed by atoms with van der Waals surface area (Å²) >= 11 is 5.99. The molecule has 25 heavy (non-hydrogen) atoms. The molecule has 0 spiro atoms. The lowest BCUT2D eigenvalue weighted by Crippen LogP contribution is -2.05. The summed E-state index contributed by atoms with van der Waals surface area (Å²) in [4.78, 5) is 19.8. The summed E-state index contributed by atoms with van der Waals surface area (Å²) < 4.78 is 0. The van der Waals surface area contributed by atoms with E-state index in [9.17, 15) is 4.79 Å². The Labute approximate surface area is 150 Å². The molecule has 6 nitrogen and oxygen atoms in total. The molecular weight excluding hydrogens is 338 g/mol. The Hall–Kier alpha value is -3.12. The molecule has 0 amide bonds. The first-order valence-electron chi connectivity index (χ1n) is 7.54. The molecular formula is C18H16ClN5O. The molecule has 4 N–H and O–H groups in total. The topological polar surface area (TPSA) is 92.9 Å². The van der Waals surface area contributed by atoms with E-state index in [-0.39, 0.29) is 5.78 Å². The Morgan fingerprint density at radius 2 is 1.60 bits per heavy atom. The van der Waals surface area contributed by atoms with Crippen LogP contribution in [0.15, 0.2) is 54.9 Å². The Kier molecular flexibility index (Phi) is 4.81. The van der Waals surface area contributed by atoms with E-state index in [0.29, 0.717) is 33.6 Å². The van der Waals surface area contributed by atoms with Crippen molar-refractivity contribution in [3.05, 3.63) is 65.4 Å². The highest BCUT2D eigenvalue weighted by atomic mass is 35.5. The minimum atomic E-state index is -0.0115. The average Bonchev–Trinajstić information content (AvgIpc) is 2.59. The van der Waals surface area contributed by atoms with E-state index >= 15 is 0 Å². The van der Waals surface area contributed by atoms with Crippen LogP contribution in [0, 0.1) is 0 Å². The number of carbonyl (C=O) groups is 1. The molecule has 0 aliphatic heterocycles. The fourth-order valence-corrected chi connectivity index (χ4v) is 2.44. The summed E-state index contributed by atoms with van der Waals surface area (Å²) in [7, 11) is 0. The van der Waals surface area contributed by atoms with Crippen molar-refractivity contribution in [2.45, 2.75) is 6.92 Å². The highest BCUT2D eigenvalue weighted by molar-refractivity contribution is 6.30. The Morgan fingerprint density at radius 3 is 2.20 bits per heavy atom. The fourth-order valence-electron chi connectivity index (χ4n) is 2.25. The Bertz CT molecular complexity index is 929. The third kappa shape index (κ3) is 4.05. The van der Waals surface area contributed by atoms with Gasteiger partial charge < -0.3 is 16.4 Å². The van der Waals surface area contributed by atoms with Crippen LogP contribution in [0.25, 0.3) is 0 Å². The highest BCUT2D eigenvalue weighted by Gasteiger charge is 2.10. The number of aromatic nitrogens is 2. The van der Waals surface area contributed by atoms with E-state index in [4.69, 9.17) is 17.3 Å². The molecule has 0 bridgehead atoms. The second kappa shape index (κ2) is 7.19. The minimum absolute atomic E-state index is 0.0115. The van der Waals surface area contributed by atoms with Crippen molar-refractivity contribution in [3.8, 4) is 0 Å². The lowest BCUT2D eigenvalue weighted by molar-refractivity contribution is 0.101. The maximum atomic E-state index is 11.5. The van der Waals surface area contributed by atoms with Crippen LogP contribution in [0.4, 0.5) is 28.7 Å². The van der Waals surface area contributed by atoms with E-state index in [0.717, 1.165) is 5.69 Å². The van der Waals surface area contributed by atoms with Crippen molar-refractivity contribution in [3.63, 3.8) is 0 Å². The van der Waals surface area contributed by atoms with Gasteiger partial charge in [-0.2, -0.15) is 0 Å². The van der Waals surface area contributed by atoms with Crippen LogP contribution in [-0.2, 0) is 0 Å². The highest BCUT2D eigenvalue weighted by Crippen LogP contribution is 2.29. The van der Waals surface area contributed by atoms with Crippen LogP contribution in [0.1, 0.15) is 17.3 Å².